The number of nitrogens with zero attached hydrogens (tertiary/aromatic N) is 2. The molecule has 0 radical (unpaired) electrons. The molecule has 0 fully saturated rings. The first kappa shape index (κ1) is 10.4. The molecule has 1 heterocycles. The number of hydrogen-bond donors (Lipinski definition) is 1. The van der Waals surface area contributed by atoms with Gasteiger partial charge in [0.15, 0.2) is 0 Å². The molecule has 0 atom stereocenters. The number of para-hydroxylation sites is 1. The summed E-state index contributed by atoms with van der Waals surface area (Å²) in [5, 5.41) is 0. The molecule has 4 heteroatoms. The molecule has 3 nitrogen and oxygen atoms in total. The number of rotatable bonds is 3. The number of hydrogen-bond acceptors (Lipinski definition) is 2. The second-order valence-corrected chi connectivity index (χ2v) is 4.12. The summed E-state index contributed by atoms with van der Waals surface area (Å²) in [6, 6.07) is 8.05. The molecule has 1 aromatic carbocycles. The fourth-order valence-electron chi connectivity index (χ4n) is 1.43. The van der Waals surface area contributed by atoms with Crippen LogP contribution in [0.3, 0.4) is 0 Å². The van der Waals surface area contributed by atoms with Crippen molar-refractivity contribution in [2.45, 2.75) is 6.42 Å². The summed E-state index contributed by atoms with van der Waals surface area (Å²) < 4.78 is 3.05. The maximum Gasteiger partial charge on any atom is 0.0995 e. The average Bonchev–Trinajstić information content (AvgIpc) is 2.68. The number of aromatic nitrogens is 2. The first-order valence-electron chi connectivity index (χ1n) is 4.79. The maximum absolute atomic E-state index is 5.48. The molecule has 0 aliphatic heterocycles. The van der Waals surface area contributed by atoms with Crippen LogP contribution >= 0.6 is 15.9 Å². The van der Waals surface area contributed by atoms with Gasteiger partial charge >= 0.3 is 0 Å². The van der Waals surface area contributed by atoms with Crippen molar-refractivity contribution < 1.29 is 0 Å². The Hall–Kier alpha value is -1.13. The smallest absolute Gasteiger partial charge is 0.0995 e. The molecule has 0 amide bonds. The molecule has 0 saturated heterocycles. The van der Waals surface area contributed by atoms with Gasteiger partial charge in [0.1, 0.15) is 0 Å². The zero-order chi connectivity index (χ0) is 10.7. The number of nitrogens with two attached hydrogens (primary N) is 1. The molecule has 78 valence electrons. The fraction of sp³-hybridized carbons (Fsp3) is 0.182. The summed E-state index contributed by atoms with van der Waals surface area (Å²) in [7, 11) is 0. The van der Waals surface area contributed by atoms with Crippen molar-refractivity contribution in [3.05, 3.63) is 47.0 Å². The van der Waals surface area contributed by atoms with Crippen molar-refractivity contribution in [3.8, 4) is 5.69 Å². The molecule has 15 heavy (non-hydrogen) atoms. The predicted octanol–water partition coefficient (Wildman–Crippen LogP) is 2.14. The van der Waals surface area contributed by atoms with Crippen LogP contribution in [0, 0.1) is 0 Å². The second kappa shape index (κ2) is 4.59. The zero-order valence-electron chi connectivity index (χ0n) is 8.23. The summed E-state index contributed by atoms with van der Waals surface area (Å²) in [4.78, 5) is 4.29. The Bertz CT molecular complexity index is 451. The van der Waals surface area contributed by atoms with Crippen LogP contribution in [0.5, 0.6) is 0 Å². The molecule has 0 bridgehead atoms. The van der Waals surface area contributed by atoms with E-state index >= 15 is 0 Å². The minimum Gasteiger partial charge on any atom is -0.330 e. The van der Waals surface area contributed by atoms with Crippen molar-refractivity contribution in [1.82, 2.24) is 9.55 Å². The third kappa shape index (κ3) is 2.27. The second-order valence-electron chi connectivity index (χ2n) is 3.26. The lowest BCUT2D eigenvalue weighted by atomic mass is 10.3. The average molecular weight is 266 g/mol. The van der Waals surface area contributed by atoms with Gasteiger partial charge < -0.3 is 10.3 Å². The van der Waals surface area contributed by atoms with Gasteiger partial charge in [-0.25, -0.2) is 4.98 Å². The summed E-state index contributed by atoms with van der Waals surface area (Å²) in [5.74, 6) is 0. The lowest BCUT2D eigenvalue weighted by molar-refractivity contribution is 0.934. The molecule has 0 aliphatic rings. The molecule has 0 saturated carbocycles. The lowest BCUT2D eigenvalue weighted by Gasteiger charge is -2.03. The Balaban J connectivity index is 2.33. The van der Waals surface area contributed by atoms with Crippen molar-refractivity contribution in [2.75, 3.05) is 6.54 Å². The molecule has 0 aliphatic carbocycles. The molecule has 1 aromatic heterocycles. The highest BCUT2D eigenvalue weighted by Crippen LogP contribution is 2.20. The normalized spacial score (nSPS) is 10.5. The highest BCUT2D eigenvalue weighted by atomic mass is 79.9. The van der Waals surface area contributed by atoms with Crippen molar-refractivity contribution in [1.29, 1.82) is 0 Å². The van der Waals surface area contributed by atoms with Gasteiger partial charge in [-0.2, -0.15) is 0 Å². The molecule has 0 unspecified atom stereocenters. The first-order valence-corrected chi connectivity index (χ1v) is 5.58. The molecule has 2 N–H and O–H groups in total. The Morgan fingerprint density at radius 3 is 2.87 bits per heavy atom. The Morgan fingerprint density at radius 1 is 1.33 bits per heavy atom. The quantitative estimate of drug-likeness (QED) is 0.924. The van der Waals surface area contributed by atoms with E-state index in [-0.39, 0.29) is 0 Å². The van der Waals surface area contributed by atoms with Crippen LogP contribution in [0.2, 0.25) is 0 Å². The number of benzene rings is 1. The van der Waals surface area contributed by atoms with Gasteiger partial charge in [0.25, 0.3) is 0 Å². The minimum absolute atomic E-state index is 0.632. The summed E-state index contributed by atoms with van der Waals surface area (Å²) >= 11 is 3.51. The third-order valence-corrected chi connectivity index (χ3v) is 2.84. The van der Waals surface area contributed by atoms with Crippen LogP contribution in [0.15, 0.2) is 41.3 Å². The summed E-state index contributed by atoms with van der Waals surface area (Å²) in [6.45, 7) is 0.632. The van der Waals surface area contributed by atoms with Crippen LogP contribution in [0.1, 0.15) is 5.69 Å². The highest BCUT2D eigenvalue weighted by molar-refractivity contribution is 9.10. The Labute approximate surface area is 97.1 Å². The van der Waals surface area contributed by atoms with E-state index in [0.29, 0.717) is 6.54 Å². The van der Waals surface area contributed by atoms with Crippen LogP contribution in [0.25, 0.3) is 5.69 Å². The van der Waals surface area contributed by atoms with E-state index in [2.05, 4.69) is 20.9 Å². The lowest BCUT2D eigenvalue weighted by Crippen LogP contribution is -2.02. The zero-order valence-corrected chi connectivity index (χ0v) is 9.81. The van der Waals surface area contributed by atoms with Gasteiger partial charge in [-0.3, -0.25) is 0 Å². The third-order valence-electron chi connectivity index (χ3n) is 2.17. The van der Waals surface area contributed by atoms with Crippen molar-refractivity contribution in [2.24, 2.45) is 5.73 Å². The van der Waals surface area contributed by atoms with E-state index in [1.165, 1.54) is 0 Å². The van der Waals surface area contributed by atoms with E-state index < -0.39 is 0 Å². The van der Waals surface area contributed by atoms with Gasteiger partial charge in [0, 0.05) is 17.1 Å². The number of imidazole rings is 1. The topological polar surface area (TPSA) is 43.8 Å². The minimum atomic E-state index is 0.632. The van der Waals surface area contributed by atoms with E-state index in [1.807, 2.05) is 41.4 Å². The van der Waals surface area contributed by atoms with E-state index in [9.17, 15) is 0 Å². The Morgan fingerprint density at radius 2 is 2.13 bits per heavy atom. The van der Waals surface area contributed by atoms with Gasteiger partial charge in [-0.05, 0) is 34.6 Å². The SMILES string of the molecule is NCCc1cn(-c2ccccc2Br)cn1. The van der Waals surface area contributed by atoms with Crippen LogP contribution < -0.4 is 5.73 Å². The van der Waals surface area contributed by atoms with E-state index in [4.69, 9.17) is 5.73 Å². The van der Waals surface area contributed by atoms with Crippen LogP contribution in [0.4, 0.5) is 0 Å². The van der Waals surface area contributed by atoms with Crippen molar-refractivity contribution in [3.63, 3.8) is 0 Å². The van der Waals surface area contributed by atoms with E-state index in [1.54, 1.807) is 0 Å². The van der Waals surface area contributed by atoms with Gasteiger partial charge in [0.2, 0.25) is 0 Å². The van der Waals surface area contributed by atoms with Gasteiger partial charge in [0.05, 0.1) is 17.7 Å². The Kier molecular flexibility index (Phi) is 3.18. The van der Waals surface area contributed by atoms with Gasteiger partial charge in [-0.15, -0.1) is 0 Å². The maximum atomic E-state index is 5.48. The summed E-state index contributed by atoms with van der Waals surface area (Å²) in [6.07, 6.45) is 4.63. The largest absolute Gasteiger partial charge is 0.330 e. The first-order chi connectivity index (χ1) is 7.31. The number of halogens is 1. The predicted molar refractivity (Wildman–Crippen MR) is 64.0 cm³/mol. The fourth-order valence-corrected chi connectivity index (χ4v) is 1.92. The molecule has 0 spiro atoms. The summed E-state index contributed by atoms with van der Waals surface area (Å²) in [5.41, 5.74) is 7.59. The van der Waals surface area contributed by atoms with Crippen molar-refractivity contribution >= 4 is 15.9 Å². The molecular weight excluding hydrogens is 254 g/mol. The van der Waals surface area contributed by atoms with Crippen LogP contribution in [-0.2, 0) is 6.42 Å². The monoisotopic (exact) mass is 265 g/mol. The van der Waals surface area contributed by atoms with E-state index in [0.717, 1.165) is 22.3 Å². The highest BCUT2D eigenvalue weighted by Gasteiger charge is 2.02. The molecule has 2 aromatic rings. The van der Waals surface area contributed by atoms with Gasteiger partial charge in [-0.1, -0.05) is 12.1 Å². The molecule has 2 rings (SSSR count). The van der Waals surface area contributed by atoms with Crippen LogP contribution in [-0.4, -0.2) is 16.1 Å². The molecular formula is C11H12BrN3. The standard InChI is InChI=1S/C11H12BrN3/c12-10-3-1-2-4-11(10)15-7-9(5-6-13)14-8-15/h1-4,7-8H,5-6,13H2.